The highest BCUT2D eigenvalue weighted by Gasteiger charge is 2.69. The van der Waals surface area contributed by atoms with E-state index in [9.17, 15) is 24.3 Å². The average Bonchev–Trinajstić information content (AvgIpc) is 3.35. The third-order valence-electron chi connectivity index (χ3n) is 6.55. The van der Waals surface area contributed by atoms with Gasteiger partial charge in [-0.25, -0.2) is 9.59 Å². The summed E-state index contributed by atoms with van der Waals surface area (Å²) in [6.07, 6.45) is 0. The molecule has 2 aliphatic rings. The van der Waals surface area contributed by atoms with Crippen molar-refractivity contribution < 1.29 is 33.4 Å². The summed E-state index contributed by atoms with van der Waals surface area (Å²) in [4.78, 5) is 55.3. The number of hydrogen-bond acceptors (Lipinski definition) is 8. The van der Waals surface area contributed by atoms with E-state index in [1.807, 2.05) is 0 Å². The maximum atomic E-state index is 13.9. The number of fused-ring (bicyclic) bond motifs is 4. The zero-order valence-electron chi connectivity index (χ0n) is 19.3. The van der Waals surface area contributed by atoms with Crippen molar-refractivity contribution in [2.45, 2.75) is 5.54 Å². The predicted molar refractivity (Wildman–Crippen MR) is 131 cm³/mol. The first-order valence-corrected chi connectivity index (χ1v) is 11.2. The van der Waals surface area contributed by atoms with Crippen LogP contribution >= 0.6 is 0 Å². The molecule has 0 bridgehead atoms. The summed E-state index contributed by atoms with van der Waals surface area (Å²) in [6, 6.07) is 20.3. The Hall–Kier alpha value is -5.18. The highest BCUT2D eigenvalue weighted by molar-refractivity contribution is 6.54. The second kappa shape index (κ2) is 7.92. The maximum absolute atomic E-state index is 13.9. The van der Waals surface area contributed by atoms with Crippen LogP contribution in [0.4, 0.5) is 5.69 Å². The molecule has 1 aromatic heterocycles. The molecular weight excluding hydrogens is 478 g/mol. The van der Waals surface area contributed by atoms with Crippen LogP contribution in [-0.4, -0.2) is 29.9 Å². The molecule has 0 radical (unpaired) electrons. The van der Waals surface area contributed by atoms with E-state index >= 15 is 0 Å². The summed E-state index contributed by atoms with van der Waals surface area (Å²) < 4.78 is 16.3. The summed E-state index contributed by atoms with van der Waals surface area (Å²) >= 11 is 0. The van der Waals surface area contributed by atoms with Crippen LogP contribution in [0.5, 0.6) is 11.5 Å². The minimum absolute atomic E-state index is 0.123. The summed E-state index contributed by atoms with van der Waals surface area (Å²) in [5.41, 5.74) is -3.94. The van der Waals surface area contributed by atoms with Gasteiger partial charge in [-0.1, -0.05) is 30.3 Å². The average molecular weight is 495 g/mol. The van der Waals surface area contributed by atoms with Gasteiger partial charge < -0.3 is 19.0 Å². The molecule has 0 aliphatic carbocycles. The first kappa shape index (κ1) is 22.3. The molecule has 9 heteroatoms. The van der Waals surface area contributed by atoms with Gasteiger partial charge in [0.2, 0.25) is 5.54 Å². The van der Waals surface area contributed by atoms with Crippen molar-refractivity contribution in [2.75, 3.05) is 12.0 Å². The van der Waals surface area contributed by atoms with Gasteiger partial charge in [-0.05, 0) is 48.5 Å². The van der Waals surface area contributed by atoms with Gasteiger partial charge in [-0.15, -0.1) is 0 Å². The SMILES string of the molecule is COc1ccc(/C(O)=C2\C(=O)C(=O)N(c3ccccc3)[C@@]23C(=O)Oc2c3c(=O)oc3ccccc23)cc1. The number of esters is 1. The molecule has 1 saturated heterocycles. The lowest BCUT2D eigenvalue weighted by atomic mass is 9.82. The van der Waals surface area contributed by atoms with Crippen LogP contribution in [0.2, 0.25) is 0 Å². The summed E-state index contributed by atoms with van der Waals surface area (Å²) in [5.74, 6) is -3.68. The Balaban J connectivity index is 1.75. The molecule has 1 atom stereocenters. The zero-order valence-corrected chi connectivity index (χ0v) is 19.3. The lowest BCUT2D eigenvalue weighted by Gasteiger charge is -2.31. The highest BCUT2D eigenvalue weighted by Crippen LogP contribution is 2.54. The first-order valence-electron chi connectivity index (χ1n) is 11.2. The predicted octanol–water partition coefficient (Wildman–Crippen LogP) is 3.50. The van der Waals surface area contributed by atoms with E-state index in [0.717, 1.165) is 4.90 Å². The number of para-hydroxylation sites is 2. The number of ketones is 1. The number of Topliss-reactive ketones (excluding diaryl/α,β-unsaturated/α-hetero) is 1. The number of anilines is 1. The molecular formula is C28H17NO8. The molecule has 3 aromatic carbocycles. The fraction of sp³-hybridized carbons (Fsp3) is 0.0714. The van der Waals surface area contributed by atoms with Gasteiger partial charge in [0.25, 0.3) is 5.78 Å². The van der Waals surface area contributed by atoms with E-state index in [1.54, 1.807) is 36.4 Å². The number of nitrogens with zero attached hydrogens (tertiary/aromatic N) is 1. The Morgan fingerprint density at radius 2 is 1.57 bits per heavy atom. The van der Waals surface area contributed by atoms with Crippen molar-refractivity contribution in [2.24, 2.45) is 0 Å². The van der Waals surface area contributed by atoms with Crippen molar-refractivity contribution >= 4 is 40.1 Å². The molecule has 3 heterocycles. The Labute approximate surface area is 208 Å². The largest absolute Gasteiger partial charge is 0.507 e. The number of carbonyl (C=O) groups excluding carboxylic acids is 3. The lowest BCUT2D eigenvalue weighted by molar-refractivity contribution is -0.137. The monoisotopic (exact) mass is 495 g/mol. The van der Waals surface area contributed by atoms with Crippen molar-refractivity contribution in [3.8, 4) is 11.5 Å². The summed E-state index contributed by atoms with van der Waals surface area (Å²) in [7, 11) is 1.47. The fourth-order valence-electron chi connectivity index (χ4n) is 4.94. The topological polar surface area (TPSA) is 123 Å². The molecule has 1 spiro atoms. The number of amides is 1. The van der Waals surface area contributed by atoms with Crippen LogP contribution in [0.1, 0.15) is 11.1 Å². The minimum Gasteiger partial charge on any atom is -0.507 e. The van der Waals surface area contributed by atoms with Crippen LogP contribution in [0.25, 0.3) is 16.7 Å². The number of aliphatic hydroxyl groups is 1. The van der Waals surface area contributed by atoms with Crippen molar-refractivity contribution in [3.05, 3.63) is 106 Å². The number of ether oxygens (including phenoxy) is 2. The summed E-state index contributed by atoms with van der Waals surface area (Å²) in [6.45, 7) is 0. The van der Waals surface area contributed by atoms with E-state index in [2.05, 4.69) is 0 Å². The number of benzene rings is 3. The number of hydrogen-bond donors (Lipinski definition) is 1. The van der Waals surface area contributed by atoms with E-state index in [-0.39, 0.29) is 28.1 Å². The Morgan fingerprint density at radius 1 is 0.892 bits per heavy atom. The van der Waals surface area contributed by atoms with E-state index in [4.69, 9.17) is 13.9 Å². The van der Waals surface area contributed by atoms with Gasteiger partial charge >= 0.3 is 17.5 Å². The molecule has 182 valence electrons. The standard InChI is InChI=1S/C28H17NO8/c1-35-17-13-11-15(12-14-17)22(30)20-23(31)25(32)29(16-7-3-2-4-8-16)28(20)21-24(37-27(28)34)18-9-5-6-10-19(18)36-26(21)33/h2-14,30H,1H3/b22-20-/t28-/m0/s1. The van der Waals surface area contributed by atoms with Crippen LogP contribution in [0.3, 0.4) is 0 Å². The van der Waals surface area contributed by atoms with Crippen molar-refractivity contribution in [1.82, 2.24) is 0 Å². The summed E-state index contributed by atoms with van der Waals surface area (Å²) in [5, 5.41) is 11.7. The highest BCUT2D eigenvalue weighted by atomic mass is 16.5. The van der Waals surface area contributed by atoms with E-state index in [1.165, 1.54) is 49.6 Å². The van der Waals surface area contributed by atoms with E-state index in [0.29, 0.717) is 11.1 Å². The number of methoxy groups -OCH3 is 1. The van der Waals surface area contributed by atoms with Crippen molar-refractivity contribution in [1.29, 1.82) is 0 Å². The third-order valence-corrected chi connectivity index (χ3v) is 6.55. The minimum atomic E-state index is -2.42. The maximum Gasteiger partial charge on any atom is 0.348 e. The van der Waals surface area contributed by atoms with Gasteiger partial charge in [0.15, 0.2) is 5.75 Å². The number of rotatable bonds is 3. The molecule has 1 N–H and O–H groups in total. The van der Waals surface area contributed by atoms with Gasteiger partial charge in [0, 0.05) is 11.3 Å². The van der Waals surface area contributed by atoms with Crippen LogP contribution in [0, 0.1) is 0 Å². The Morgan fingerprint density at radius 3 is 2.27 bits per heavy atom. The molecule has 1 amide bonds. The zero-order chi connectivity index (χ0) is 25.9. The second-order valence-corrected chi connectivity index (χ2v) is 8.45. The Kier molecular flexibility index (Phi) is 4.77. The number of aliphatic hydroxyl groups excluding tert-OH is 1. The molecule has 37 heavy (non-hydrogen) atoms. The van der Waals surface area contributed by atoms with Crippen LogP contribution in [0.15, 0.2) is 93.6 Å². The van der Waals surface area contributed by atoms with Gasteiger partial charge in [-0.2, -0.15) is 0 Å². The van der Waals surface area contributed by atoms with Crippen LogP contribution < -0.4 is 20.0 Å². The van der Waals surface area contributed by atoms with Gasteiger partial charge in [0.05, 0.1) is 18.1 Å². The lowest BCUT2D eigenvalue weighted by Crippen LogP contribution is -2.51. The van der Waals surface area contributed by atoms with Crippen LogP contribution in [-0.2, 0) is 19.9 Å². The van der Waals surface area contributed by atoms with Crippen molar-refractivity contribution in [3.63, 3.8) is 0 Å². The molecule has 9 nitrogen and oxygen atoms in total. The third kappa shape index (κ3) is 2.91. The molecule has 0 unspecified atom stereocenters. The number of carbonyl (C=O) groups is 3. The van der Waals surface area contributed by atoms with Gasteiger partial charge in [-0.3, -0.25) is 14.5 Å². The van der Waals surface area contributed by atoms with E-state index < -0.39 is 40.2 Å². The first-order chi connectivity index (χ1) is 17.9. The Bertz CT molecular complexity index is 1720. The van der Waals surface area contributed by atoms with Gasteiger partial charge in [0.1, 0.15) is 22.7 Å². The molecule has 1 fully saturated rings. The molecule has 6 rings (SSSR count). The molecule has 0 saturated carbocycles. The fourth-order valence-corrected chi connectivity index (χ4v) is 4.94. The quantitative estimate of drug-likeness (QED) is 0.151. The second-order valence-electron chi connectivity index (χ2n) is 8.45. The smallest absolute Gasteiger partial charge is 0.348 e. The normalized spacial score (nSPS) is 19.9. The molecule has 4 aromatic rings. The molecule has 2 aliphatic heterocycles.